The second-order valence-electron chi connectivity index (χ2n) is 5.92. The van der Waals surface area contributed by atoms with Crippen molar-refractivity contribution in [2.45, 2.75) is 20.0 Å². The summed E-state index contributed by atoms with van der Waals surface area (Å²) in [6, 6.07) is 6.17. The average molecular weight is 434 g/mol. The molecule has 0 N–H and O–H groups in total. The first-order valence-electron chi connectivity index (χ1n) is 7.80. The summed E-state index contributed by atoms with van der Waals surface area (Å²) in [7, 11) is 0. The van der Waals surface area contributed by atoms with Crippen molar-refractivity contribution in [3.05, 3.63) is 58.6 Å². The molecule has 0 unspecified atom stereocenters. The number of nitrogens with zero attached hydrogens (tertiary/aromatic N) is 8. The van der Waals surface area contributed by atoms with Gasteiger partial charge in [0.15, 0.2) is 11.6 Å². The molecule has 0 amide bonds. The highest BCUT2D eigenvalue weighted by Crippen LogP contribution is 2.33. The second kappa shape index (κ2) is 6.33. The highest BCUT2D eigenvalue weighted by Gasteiger charge is 2.24. The molecule has 26 heavy (non-hydrogen) atoms. The minimum atomic E-state index is 0. The smallest absolute Gasteiger partial charge is 0.172 e. The molecule has 0 radical (unpaired) electrons. The van der Waals surface area contributed by atoms with Crippen molar-refractivity contribution < 1.29 is 0 Å². The Kier molecular flexibility index (Phi) is 4.12. The summed E-state index contributed by atoms with van der Waals surface area (Å²) < 4.78 is 6.77. The Morgan fingerprint density at radius 1 is 1.27 bits per heavy atom. The van der Waals surface area contributed by atoms with Crippen molar-refractivity contribution in [3.8, 4) is 17.1 Å². The van der Waals surface area contributed by atoms with Crippen molar-refractivity contribution in [3.63, 3.8) is 0 Å². The normalized spacial score (nSPS) is 11.9. The van der Waals surface area contributed by atoms with Crippen LogP contribution in [0.15, 0.2) is 41.4 Å². The van der Waals surface area contributed by atoms with E-state index in [4.69, 9.17) is 10.1 Å². The van der Waals surface area contributed by atoms with Gasteiger partial charge in [0.2, 0.25) is 0 Å². The van der Waals surface area contributed by atoms with Crippen LogP contribution in [0.5, 0.6) is 0 Å². The quantitative estimate of drug-likeness (QED) is 0.427. The van der Waals surface area contributed by atoms with Gasteiger partial charge < -0.3 is 4.57 Å². The average Bonchev–Trinajstić information content (AvgIpc) is 3.30. The van der Waals surface area contributed by atoms with Crippen LogP contribution in [0.2, 0.25) is 0 Å². The van der Waals surface area contributed by atoms with Crippen LogP contribution in [-0.2, 0) is 13.1 Å². The van der Waals surface area contributed by atoms with Crippen molar-refractivity contribution in [1.29, 1.82) is 0 Å². The molecule has 0 fully saturated rings. The Balaban J connectivity index is 0.00000168. The van der Waals surface area contributed by atoms with Crippen LogP contribution >= 0.6 is 28.3 Å². The Bertz CT molecular complexity index is 1080. The van der Waals surface area contributed by atoms with Crippen LogP contribution in [0.3, 0.4) is 0 Å². The van der Waals surface area contributed by atoms with Crippen LogP contribution in [0.25, 0.3) is 17.1 Å². The molecule has 10 heteroatoms. The summed E-state index contributed by atoms with van der Waals surface area (Å²) in [6.45, 7) is 3.13. The van der Waals surface area contributed by atoms with Crippen LogP contribution < -0.4 is 0 Å². The van der Waals surface area contributed by atoms with E-state index in [0.29, 0.717) is 18.9 Å². The molecule has 1 aliphatic rings. The monoisotopic (exact) mass is 432 g/mol. The molecular formula is C16H14BrClN8. The van der Waals surface area contributed by atoms with Gasteiger partial charge in [0, 0.05) is 16.2 Å². The third kappa shape index (κ3) is 2.63. The molecule has 0 spiro atoms. The van der Waals surface area contributed by atoms with Crippen molar-refractivity contribution in [2.75, 3.05) is 0 Å². The zero-order valence-electron chi connectivity index (χ0n) is 13.7. The standard InChI is InChI=1S/C16H13BrN8.ClH/c1-10-14-7-25-16(20-15(21-25)8-23-5-4-19-22-23)12-6-11(17)2-3-13(12)24(14)9-18-10;/h2-6,9H,7-8H2,1H3;1H. The number of fused-ring (bicyclic) bond motifs is 5. The number of rotatable bonds is 2. The molecule has 4 heterocycles. The minimum absolute atomic E-state index is 0. The summed E-state index contributed by atoms with van der Waals surface area (Å²) >= 11 is 3.56. The molecule has 0 aliphatic carbocycles. The number of hydrogen-bond donors (Lipinski definition) is 0. The largest absolute Gasteiger partial charge is 0.300 e. The number of aromatic nitrogens is 8. The molecule has 0 atom stereocenters. The summed E-state index contributed by atoms with van der Waals surface area (Å²) in [4.78, 5) is 9.24. The fraction of sp³-hybridized carbons (Fsp3) is 0.188. The molecule has 0 saturated carbocycles. The van der Waals surface area contributed by atoms with E-state index in [2.05, 4.69) is 47.9 Å². The van der Waals surface area contributed by atoms with Crippen LogP contribution in [0.4, 0.5) is 0 Å². The molecule has 1 aromatic carbocycles. The molecule has 5 rings (SSSR count). The predicted molar refractivity (Wildman–Crippen MR) is 100 cm³/mol. The van der Waals surface area contributed by atoms with Crippen molar-refractivity contribution >= 4 is 28.3 Å². The molecule has 3 aromatic heterocycles. The van der Waals surface area contributed by atoms with E-state index in [1.807, 2.05) is 24.0 Å². The summed E-state index contributed by atoms with van der Waals surface area (Å²) in [5.74, 6) is 1.55. The van der Waals surface area contributed by atoms with Crippen molar-refractivity contribution in [2.24, 2.45) is 0 Å². The van der Waals surface area contributed by atoms with Gasteiger partial charge in [0.1, 0.15) is 6.54 Å². The Morgan fingerprint density at radius 2 is 2.15 bits per heavy atom. The maximum atomic E-state index is 4.77. The van der Waals surface area contributed by atoms with Gasteiger partial charge in [0.05, 0.1) is 36.1 Å². The first-order chi connectivity index (χ1) is 12.2. The highest BCUT2D eigenvalue weighted by atomic mass is 79.9. The van der Waals surface area contributed by atoms with E-state index in [0.717, 1.165) is 32.9 Å². The van der Waals surface area contributed by atoms with Gasteiger partial charge in [-0.05, 0) is 25.1 Å². The van der Waals surface area contributed by atoms with E-state index < -0.39 is 0 Å². The maximum Gasteiger partial charge on any atom is 0.172 e. The lowest BCUT2D eigenvalue weighted by Gasteiger charge is -2.08. The van der Waals surface area contributed by atoms with E-state index in [-0.39, 0.29) is 12.4 Å². The number of aryl methyl sites for hydroxylation is 1. The van der Waals surface area contributed by atoms with E-state index in [9.17, 15) is 0 Å². The summed E-state index contributed by atoms with van der Waals surface area (Å²) in [5.41, 5.74) is 4.18. The lowest BCUT2D eigenvalue weighted by molar-refractivity contribution is 0.604. The Morgan fingerprint density at radius 3 is 2.96 bits per heavy atom. The van der Waals surface area contributed by atoms with Crippen molar-refractivity contribution in [1.82, 2.24) is 39.3 Å². The maximum absolute atomic E-state index is 4.77. The molecular weight excluding hydrogens is 420 g/mol. The van der Waals surface area contributed by atoms with E-state index >= 15 is 0 Å². The second-order valence-corrected chi connectivity index (χ2v) is 6.83. The van der Waals surface area contributed by atoms with Gasteiger partial charge in [0.25, 0.3) is 0 Å². The van der Waals surface area contributed by atoms with Gasteiger partial charge in [-0.2, -0.15) is 5.10 Å². The zero-order chi connectivity index (χ0) is 17.0. The number of halogens is 2. The van der Waals surface area contributed by atoms with Gasteiger partial charge in [-0.3, -0.25) is 0 Å². The summed E-state index contributed by atoms with van der Waals surface area (Å²) in [5, 5.41) is 12.5. The van der Waals surface area contributed by atoms with E-state index in [1.54, 1.807) is 17.1 Å². The lowest BCUT2D eigenvalue weighted by atomic mass is 10.1. The van der Waals surface area contributed by atoms with E-state index in [1.165, 1.54) is 0 Å². The highest BCUT2D eigenvalue weighted by molar-refractivity contribution is 9.10. The lowest BCUT2D eigenvalue weighted by Crippen LogP contribution is -2.07. The third-order valence-corrected chi connectivity index (χ3v) is 4.82. The zero-order valence-corrected chi connectivity index (χ0v) is 16.1. The SMILES string of the molecule is Cc1ncn2c1Cn1nc(Cn3ccnn3)nc1-c1cc(Br)ccc1-2.Cl. The molecule has 8 nitrogen and oxygen atoms in total. The minimum Gasteiger partial charge on any atom is -0.300 e. The molecule has 0 saturated heterocycles. The molecule has 1 aliphatic heterocycles. The van der Waals surface area contributed by atoms with Crippen LogP contribution in [0, 0.1) is 6.92 Å². The Labute approximate surface area is 163 Å². The number of hydrogen-bond acceptors (Lipinski definition) is 5. The molecule has 0 bridgehead atoms. The molecule has 132 valence electrons. The Hall–Kier alpha value is -2.52. The number of benzene rings is 1. The predicted octanol–water partition coefficient (Wildman–Crippen LogP) is 2.63. The number of imidazole rings is 1. The van der Waals surface area contributed by atoms with Crippen LogP contribution in [0.1, 0.15) is 17.2 Å². The van der Waals surface area contributed by atoms with Gasteiger partial charge in [-0.1, -0.05) is 21.1 Å². The first-order valence-corrected chi connectivity index (χ1v) is 8.59. The van der Waals surface area contributed by atoms with Crippen LogP contribution in [-0.4, -0.2) is 39.3 Å². The van der Waals surface area contributed by atoms with Gasteiger partial charge >= 0.3 is 0 Å². The topological polar surface area (TPSA) is 79.2 Å². The third-order valence-electron chi connectivity index (χ3n) is 4.32. The summed E-state index contributed by atoms with van der Waals surface area (Å²) in [6.07, 6.45) is 5.31. The molecule has 4 aromatic rings. The van der Waals surface area contributed by atoms with Gasteiger partial charge in [-0.15, -0.1) is 17.5 Å². The fourth-order valence-electron chi connectivity index (χ4n) is 3.13. The first kappa shape index (κ1) is 16.9. The fourth-order valence-corrected chi connectivity index (χ4v) is 3.49. The van der Waals surface area contributed by atoms with Gasteiger partial charge in [-0.25, -0.2) is 19.3 Å².